The first kappa shape index (κ1) is 29.9. The Morgan fingerprint density at radius 2 is 1.84 bits per heavy atom. The largest absolute Gasteiger partial charge is 0.449 e. The molecule has 3 aliphatic rings. The van der Waals surface area contributed by atoms with E-state index in [2.05, 4.69) is 57.9 Å². The van der Waals surface area contributed by atoms with Gasteiger partial charge in [-0.1, -0.05) is 24.3 Å². The number of thiophene rings is 1. The molecule has 4 aromatic rings. The van der Waals surface area contributed by atoms with Crippen LogP contribution in [0.15, 0.2) is 46.1 Å². The average molecular weight is 627 g/mol. The number of benzene rings is 1. The van der Waals surface area contributed by atoms with Gasteiger partial charge in [0, 0.05) is 29.1 Å². The summed E-state index contributed by atoms with van der Waals surface area (Å²) < 4.78 is 13.5. The highest BCUT2D eigenvalue weighted by Gasteiger charge is 2.43. The molecule has 1 aliphatic carbocycles. The molecule has 0 unspecified atom stereocenters. The van der Waals surface area contributed by atoms with Gasteiger partial charge < -0.3 is 14.1 Å². The van der Waals surface area contributed by atoms with Crippen LogP contribution in [-0.2, 0) is 11.2 Å². The zero-order valence-corrected chi connectivity index (χ0v) is 27.9. The Morgan fingerprint density at radius 1 is 1.09 bits per heavy atom. The highest BCUT2D eigenvalue weighted by Crippen LogP contribution is 2.48. The Hall–Kier alpha value is -3.79. The van der Waals surface area contributed by atoms with Crippen molar-refractivity contribution < 1.29 is 13.9 Å². The Kier molecular flexibility index (Phi) is 7.46. The molecule has 236 valence electrons. The Morgan fingerprint density at radius 3 is 2.53 bits per heavy atom. The number of likely N-dealkylation sites (tertiary alicyclic amines) is 1. The molecule has 1 amide bonds. The molecule has 1 aromatic carbocycles. The first-order chi connectivity index (χ1) is 21.5. The highest BCUT2D eigenvalue weighted by atomic mass is 32.1. The molecule has 3 aromatic heterocycles. The molecule has 7 rings (SSSR count). The highest BCUT2D eigenvalue weighted by molar-refractivity contribution is 7.15. The zero-order valence-electron chi connectivity index (χ0n) is 27.1. The van der Waals surface area contributed by atoms with E-state index in [0.717, 1.165) is 78.7 Å². The van der Waals surface area contributed by atoms with Crippen LogP contribution in [0.4, 0.5) is 4.79 Å². The summed E-state index contributed by atoms with van der Waals surface area (Å²) in [5.41, 5.74) is 5.62. The number of nitrogens with zero attached hydrogens (tertiary/aromatic N) is 6. The number of fused-ring (bicyclic) bond motifs is 3. The molecule has 0 bridgehead atoms. The molecule has 2 aliphatic heterocycles. The lowest BCUT2D eigenvalue weighted by atomic mass is 9.68. The number of aliphatic imine (C=N–C) groups is 1. The van der Waals surface area contributed by atoms with Crippen molar-refractivity contribution in [1.29, 1.82) is 0 Å². The third-order valence-electron chi connectivity index (χ3n) is 9.88. The molecule has 1 saturated heterocycles. The number of hydrogen-bond acceptors (Lipinski definition) is 8. The van der Waals surface area contributed by atoms with Crippen molar-refractivity contribution in [2.75, 3.05) is 13.1 Å². The van der Waals surface area contributed by atoms with E-state index in [0.29, 0.717) is 18.2 Å². The maximum absolute atomic E-state index is 12.7. The number of carbonyl (C=O) groups is 1. The number of rotatable bonds is 4. The van der Waals surface area contributed by atoms with Gasteiger partial charge in [0.05, 0.1) is 18.3 Å². The van der Waals surface area contributed by atoms with Gasteiger partial charge in [-0.25, -0.2) is 9.78 Å². The molecule has 5 heterocycles. The van der Waals surface area contributed by atoms with Crippen LogP contribution in [0.5, 0.6) is 0 Å². The predicted octanol–water partition coefficient (Wildman–Crippen LogP) is 7.66. The average Bonchev–Trinajstić information content (AvgIpc) is 3.78. The van der Waals surface area contributed by atoms with Crippen LogP contribution >= 0.6 is 11.3 Å². The van der Waals surface area contributed by atoms with Crippen LogP contribution in [0.1, 0.15) is 110 Å². The van der Waals surface area contributed by atoms with Gasteiger partial charge in [0.1, 0.15) is 28.7 Å². The van der Waals surface area contributed by atoms with E-state index in [4.69, 9.17) is 14.1 Å². The van der Waals surface area contributed by atoms with Crippen LogP contribution in [0.25, 0.3) is 5.00 Å². The third-order valence-corrected chi connectivity index (χ3v) is 11.1. The number of amides is 1. The second-order valence-corrected chi connectivity index (χ2v) is 15.3. The van der Waals surface area contributed by atoms with Crippen molar-refractivity contribution in [3.63, 3.8) is 0 Å². The first-order valence-corrected chi connectivity index (χ1v) is 16.9. The lowest BCUT2D eigenvalue weighted by Gasteiger charge is -2.37. The second kappa shape index (κ2) is 11.2. The fourth-order valence-corrected chi connectivity index (χ4v) is 8.56. The normalized spacial score (nSPS) is 23.1. The molecule has 0 N–H and O–H groups in total. The van der Waals surface area contributed by atoms with Crippen LogP contribution in [-0.4, -0.2) is 55.1 Å². The molecule has 10 heteroatoms. The van der Waals surface area contributed by atoms with Crippen LogP contribution in [0, 0.1) is 26.2 Å². The number of carbonyl (C=O) groups excluding carboxylic acids is 1. The molecule has 45 heavy (non-hydrogen) atoms. The lowest BCUT2D eigenvalue weighted by Crippen LogP contribution is -2.37. The minimum absolute atomic E-state index is 0.171. The van der Waals surface area contributed by atoms with Gasteiger partial charge in [0.15, 0.2) is 11.7 Å². The lowest BCUT2D eigenvalue weighted by molar-refractivity contribution is 0.0260. The van der Waals surface area contributed by atoms with E-state index in [1.807, 2.05) is 32.6 Å². The summed E-state index contributed by atoms with van der Waals surface area (Å²) in [5, 5.41) is 10.2. The summed E-state index contributed by atoms with van der Waals surface area (Å²) in [4.78, 5) is 25.7. The molecule has 1 spiro atoms. The Labute approximate surface area is 268 Å². The van der Waals surface area contributed by atoms with Gasteiger partial charge in [-0.2, -0.15) is 0 Å². The van der Waals surface area contributed by atoms with Crippen molar-refractivity contribution in [2.24, 2.45) is 10.4 Å². The summed E-state index contributed by atoms with van der Waals surface area (Å²) in [5.74, 6) is 2.82. The molecule has 0 radical (unpaired) electrons. The van der Waals surface area contributed by atoms with Crippen LogP contribution < -0.4 is 0 Å². The Bertz CT molecular complexity index is 1740. The van der Waals surface area contributed by atoms with Gasteiger partial charge in [-0.05, 0) is 96.1 Å². The number of oxazole rings is 1. The molecular weight excluding hydrogens is 584 g/mol. The predicted molar refractivity (Wildman–Crippen MR) is 175 cm³/mol. The molecule has 1 atom stereocenters. The SMILES string of the molecule is Cc1sc2c(c1C)C(c1ccc(C3CCC4(CC3)CCN(C(=O)OC(C)(C)C)C4)cc1)=N[C@@H](Cc1ncco1)c1nnc(C)n1-2. The van der Waals surface area contributed by atoms with E-state index >= 15 is 0 Å². The number of hydrogen-bond donors (Lipinski definition) is 0. The molecule has 1 saturated carbocycles. The summed E-state index contributed by atoms with van der Waals surface area (Å²) in [7, 11) is 0. The summed E-state index contributed by atoms with van der Waals surface area (Å²) in [6.45, 7) is 13.8. The topological polar surface area (TPSA) is 98.6 Å². The minimum atomic E-state index is -0.461. The van der Waals surface area contributed by atoms with Crippen molar-refractivity contribution >= 4 is 23.1 Å². The minimum Gasteiger partial charge on any atom is -0.449 e. The molecule has 9 nitrogen and oxygen atoms in total. The second-order valence-electron chi connectivity index (χ2n) is 14.1. The maximum atomic E-state index is 12.7. The maximum Gasteiger partial charge on any atom is 0.410 e. The van der Waals surface area contributed by atoms with Crippen molar-refractivity contribution in [3.8, 4) is 5.00 Å². The fraction of sp³-hybridized carbons (Fsp3) is 0.514. The van der Waals surface area contributed by atoms with Gasteiger partial charge in [-0.3, -0.25) is 9.56 Å². The van der Waals surface area contributed by atoms with Crippen LogP contribution in [0.3, 0.4) is 0 Å². The number of aryl methyl sites for hydroxylation is 2. The third kappa shape index (κ3) is 5.62. The Balaban J connectivity index is 1.13. The summed E-state index contributed by atoms with van der Waals surface area (Å²) in [6.07, 6.45) is 9.25. The van der Waals surface area contributed by atoms with E-state index in [9.17, 15) is 4.79 Å². The van der Waals surface area contributed by atoms with Gasteiger partial charge in [-0.15, -0.1) is 21.5 Å². The fourth-order valence-electron chi connectivity index (χ4n) is 7.35. The van der Waals surface area contributed by atoms with E-state index < -0.39 is 5.60 Å². The van der Waals surface area contributed by atoms with Gasteiger partial charge in [0.25, 0.3) is 0 Å². The van der Waals surface area contributed by atoms with Crippen molar-refractivity contribution in [2.45, 2.75) is 97.6 Å². The summed E-state index contributed by atoms with van der Waals surface area (Å²) >= 11 is 1.77. The van der Waals surface area contributed by atoms with Gasteiger partial charge >= 0.3 is 6.09 Å². The number of ether oxygens (including phenoxy) is 1. The smallest absolute Gasteiger partial charge is 0.410 e. The first-order valence-electron chi connectivity index (χ1n) is 16.1. The number of aromatic nitrogens is 4. The zero-order chi connectivity index (χ0) is 31.5. The quantitative estimate of drug-likeness (QED) is 0.231. The standard InChI is InChI=1S/C35H42N6O3S/c1-21-22(2)45-32-29(21)30(37-27(19-28-36-16-18-43-28)31-39-38-23(3)41(31)32)26-9-7-24(8-10-26)25-11-13-35(14-12-25)15-17-40(20-35)33(42)44-34(4,5)6/h7-10,16,18,25,27H,11-15,17,19-20H2,1-6H3/t25?,27-,35?/m0/s1. The van der Waals surface area contributed by atoms with E-state index in [-0.39, 0.29) is 17.6 Å². The molecule has 2 fully saturated rings. The van der Waals surface area contributed by atoms with Crippen LogP contribution in [0.2, 0.25) is 0 Å². The van der Waals surface area contributed by atoms with Crippen molar-refractivity contribution in [1.82, 2.24) is 24.6 Å². The van der Waals surface area contributed by atoms with Crippen molar-refractivity contribution in [3.05, 3.63) is 81.4 Å². The van der Waals surface area contributed by atoms with E-state index in [1.165, 1.54) is 16.0 Å². The van der Waals surface area contributed by atoms with E-state index in [1.54, 1.807) is 23.8 Å². The monoisotopic (exact) mass is 626 g/mol. The summed E-state index contributed by atoms with van der Waals surface area (Å²) in [6, 6.07) is 8.82. The molecular formula is C35H42N6O3S. The van der Waals surface area contributed by atoms with Gasteiger partial charge in [0.2, 0.25) is 0 Å².